The van der Waals surface area contributed by atoms with Crippen molar-refractivity contribution in [1.29, 1.82) is 0 Å². The van der Waals surface area contributed by atoms with Crippen LogP contribution < -0.4 is 10.1 Å². The van der Waals surface area contributed by atoms with Gasteiger partial charge < -0.3 is 19.5 Å². The third-order valence-corrected chi connectivity index (χ3v) is 4.87. The van der Waals surface area contributed by atoms with E-state index >= 15 is 0 Å². The summed E-state index contributed by atoms with van der Waals surface area (Å²) in [6, 6.07) is 17.5. The average Bonchev–Trinajstić information content (AvgIpc) is 3.25. The number of carbonyl (C=O) groups excluding carboxylic acids is 1. The van der Waals surface area contributed by atoms with Gasteiger partial charge in [-0.15, -0.1) is 0 Å². The van der Waals surface area contributed by atoms with Crippen molar-refractivity contribution in [2.45, 2.75) is 44.9 Å². The fourth-order valence-corrected chi connectivity index (χ4v) is 3.29. The van der Waals surface area contributed by atoms with Gasteiger partial charge in [-0.3, -0.25) is 4.79 Å². The zero-order chi connectivity index (χ0) is 19.8. The normalized spacial score (nSPS) is 18.4. The molecule has 3 unspecified atom stereocenters. The fraction of sp³-hybridized carbons (Fsp3) is 0.435. The topological polar surface area (TPSA) is 56.8 Å². The van der Waals surface area contributed by atoms with E-state index in [-0.39, 0.29) is 18.1 Å². The first kappa shape index (κ1) is 20.4. The number of nitrogens with one attached hydrogen (secondary N) is 1. The average molecular weight is 383 g/mol. The smallest absolute Gasteiger partial charge is 0.249 e. The highest BCUT2D eigenvalue weighted by Gasteiger charge is 2.23. The largest absolute Gasteiger partial charge is 0.494 e. The molecule has 0 radical (unpaired) electrons. The first-order valence-corrected chi connectivity index (χ1v) is 9.98. The Balaban J connectivity index is 1.69. The lowest BCUT2D eigenvalue weighted by Crippen LogP contribution is -2.38. The fourth-order valence-electron chi connectivity index (χ4n) is 3.29. The zero-order valence-corrected chi connectivity index (χ0v) is 16.6. The van der Waals surface area contributed by atoms with Gasteiger partial charge in [-0.05, 0) is 49.9 Å². The van der Waals surface area contributed by atoms with E-state index in [2.05, 4.69) is 5.32 Å². The van der Waals surface area contributed by atoms with E-state index in [4.69, 9.17) is 14.2 Å². The van der Waals surface area contributed by atoms with Gasteiger partial charge in [0, 0.05) is 6.61 Å². The predicted octanol–water partition coefficient (Wildman–Crippen LogP) is 3.88. The quantitative estimate of drug-likeness (QED) is 0.714. The molecule has 2 aromatic rings. The van der Waals surface area contributed by atoms with Crippen LogP contribution in [0.5, 0.6) is 5.75 Å². The molecule has 2 aromatic carbocycles. The maximum Gasteiger partial charge on any atom is 0.249 e. The molecule has 3 atom stereocenters. The first-order chi connectivity index (χ1) is 13.7. The zero-order valence-electron chi connectivity index (χ0n) is 16.6. The van der Waals surface area contributed by atoms with Gasteiger partial charge in [0.2, 0.25) is 5.91 Å². The van der Waals surface area contributed by atoms with Crippen molar-refractivity contribution >= 4 is 5.91 Å². The standard InChI is InChI=1S/C23H29NO4/c1-3-26-20-13-11-19(12-14-20)22(18-8-5-4-6-9-18)24-23(25)17(2)28-16-21-10-7-15-27-21/h4-6,8-9,11-14,17,21-22H,3,7,10,15-16H2,1-2H3,(H,24,25). The maximum absolute atomic E-state index is 12.8. The molecular formula is C23H29NO4. The number of hydrogen-bond donors (Lipinski definition) is 1. The summed E-state index contributed by atoms with van der Waals surface area (Å²) in [5, 5.41) is 3.13. The van der Waals surface area contributed by atoms with Gasteiger partial charge in [-0.1, -0.05) is 42.5 Å². The number of hydrogen-bond acceptors (Lipinski definition) is 4. The number of rotatable bonds is 9. The van der Waals surface area contributed by atoms with Crippen molar-refractivity contribution in [3.05, 3.63) is 65.7 Å². The van der Waals surface area contributed by atoms with Crippen LogP contribution in [0.1, 0.15) is 43.9 Å². The second-order valence-electron chi connectivity index (χ2n) is 6.96. The monoisotopic (exact) mass is 383 g/mol. The van der Waals surface area contributed by atoms with Crippen molar-refractivity contribution < 1.29 is 19.0 Å². The van der Waals surface area contributed by atoms with Crippen molar-refractivity contribution in [3.8, 4) is 5.75 Å². The predicted molar refractivity (Wildman–Crippen MR) is 108 cm³/mol. The second kappa shape index (κ2) is 10.2. The number of carbonyl (C=O) groups is 1. The van der Waals surface area contributed by atoms with Crippen molar-refractivity contribution in [2.75, 3.05) is 19.8 Å². The van der Waals surface area contributed by atoms with Crippen LogP contribution in [0.4, 0.5) is 0 Å². The van der Waals surface area contributed by atoms with E-state index in [1.54, 1.807) is 6.92 Å². The molecule has 5 heteroatoms. The van der Waals surface area contributed by atoms with Gasteiger partial charge in [0.25, 0.3) is 0 Å². The van der Waals surface area contributed by atoms with E-state index in [0.29, 0.717) is 13.2 Å². The second-order valence-corrected chi connectivity index (χ2v) is 6.96. The van der Waals surface area contributed by atoms with Crippen LogP contribution in [0, 0.1) is 0 Å². The van der Waals surface area contributed by atoms with E-state index < -0.39 is 6.10 Å². The molecule has 1 amide bonds. The summed E-state index contributed by atoms with van der Waals surface area (Å²) in [4.78, 5) is 12.8. The summed E-state index contributed by atoms with van der Waals surface area (Å²) in [6.07, 6.45) is 1.61. The van der Waals surface area contributed by atoms with Gasteiger partial charge in [-0.2, -0.15) is 0 Å². The molecule has 0 bridgehead atoms. The Morgan fingerprint density at radius 2 is 1.86 bits per heavy atom. The first-order valence-electron chi connectivity index (χ1n) is 9.98. The van der Waals surface area contributed by atoms with E-state index in [1.165, 1.54) is 0 Å². The van der Waals surface area contributed by atoms with Gasteiger partial charge in [-0.25, -0.2) is 0 Å². The Kier molecular flexibility index (Phi) is 7.46. The molecule has 1 fully saturated rings. The molecule has 0 aliphatic carbocycles. The SMILES string of the molecule is CCOc1ccc(C(NC(=O)C(C)OCC2CCCO2)c2ccccc2)cc1. The van der Waals surface area contributed by atoms with Crippen molar-refractivity contribution in [2.24, 2.45) is 0 Å². The van der Waals surface area contributed by atoms with Gasteiger partial charge >= 0.3 is 0 Å². The highest BCUT2D eigenvalue weighted by Crippen LogP contribution is 2.24. The van der Waals surface area contributed by atoms with E-state index in [1.807, 2.05) is 61.5 Å². The molecule has 0 spiro atoms. The van der Waals surface area contributed by atoms with Crippen LogP contribution in [0.25, 0.3) is 0 Å². The molecule has 1 N–H and O–H groups in total. The van der Waals surface area contributed by atoms with Gasteiger partial charge in [0.15, 0.2) is 0 Å². The maximum atomic E-state index is 12.8. The molecule has 1 heterocycles. The summed E-state index contributed by atoms with van der Waals surface area (Å²) in [5.41, 5.74) is 2.01. The number of ether oxygens (including phenoxy) is 3. The molecule has 0 saturated carbocycles. The lowest BCUT2D eigenvalue weighted by atomic mass is 9.98. The highest BCUT2D eigenvalue weighted by molar-refractivity contribution is 5.81. The van der Waals surface area contributed by atoms with Crippen LogP contribution in [0.15, 0.2) is 54.6 Å². The van der Waals surface area contributed by atoms with Crippen LogP contribution in [0.2, 0.25) is 0 Å². The summed E-state index contributed by atoms with van der Waals surface area (Å²) in [7, 11) is 0. The summed E-state index contributed by atoms with van der Waals surface area (Å²) in [5.74, 6) is 0.679. The molecule has 1 aliphatic heterocycles. The molecule has 28 heavy (non-hydrogen) atoms. The minimum Gasteiger partial charge on any atom is -0.494 e. The van der Waals surface area contributed by atoms with E-state index in [9.17, 15) is 4.79 Å². The van der Waals surface area contributed by atoms with Gasteiger partial charge in [0.05, 0.1) is 25.4 Å². The minimum absolute atomic E-state index is 0.103. The number of amides is 1. The third kappa shape index (κ3) is 5.57. The Morgan fingerprint density at radius 1 is 1.14 bits per heavy atom. The Morgan fingerprint density at radius 3 is 2.50 bits per heavy atom. The summed E-state index contributed by atoms with van der Waals surface area (Å²) >= 11 is 0. The van der Waals surface area contributed by atoms with Crippen LogP contribution >= 0.6 is 0 Å². The molecule has 0 aromatic heterocycles. The minimum atomic E-state index is -0.543. The van der Waals surface area contributed by atoms with Crippen molar-refractivity contribution in [3.63, 3.8) is 0 Å². The highest BCUT2D eigenvalue weighted by atomic mass is 16.5. The molecule has 3 rings (SSSR count). The van der Waals surface area contributed by atoms with Crippen LogP contribution in [0.3, 0.4) is 0 Å². The summed E-state index contributed by atoms with van der Waals surface area (Å²) < 4.78 is 16.8. The molecule has 150 valence electrons. The Labute approximate surface area is 167 Å². The van der Waals surface area contributed by atoms with Gasteiger partial charge in [0.1, 0.15) is 11.9 Å². The van der Waals surface area contributed by atoms with Crippen molar-refractivity contribution in [1.82, 2.24) is 5.32 Å². The molecule has 5 nitrogen and oxygen atoms in total. The molecule has 1 aliphatic rings. The lowest BCUT2D eigenvalue weighted by molar-refractivity contribution is -0.134. The van der Waals surface area contributed by atoms with E-state index in [0.717, 1.165) is 36.3 Å². The van der Waals surface area contributed by atoms with Crippen LogP contribution in [-0.2, 0) is 14.3 Å². The Bertz CT molecular complexity index is 726. The van der Waals surface area contributed by atoms with Crippen LogP contribution in [-0.4, -0.2) is 37.9 Å². The Hall–Kier alpha value is -2.37. The lowest BCUT2D eigenvalue weighted by Gasteiger charge is -2.23. The third-order valence-electron chi connectivity index (χ3n) is 4.87. The number of benzene rings is 2. The summed E-state index contributed by atoms with van der Waals surface area (Å²) in [6.45, 7) is 5.59. The molecular weight excluding hydrogens is 354 g/mol. The molecule has 1 saturated heterocycles.